The van der Waals surface area contributed by atoms with E-state index in [0.717, 1.165) is 45.5 Å². The van der Waals surface area contributed by atoms with Gasteiger partial charge in [0.15, 0.2) is 12.3 Å². The summed E-state index contributed by atoms with van der Waals surface area (Å²) in [5, 5.41) is 8.37. The fourth-order valence-electron chi connectivity index (χ4n) is 3.22. The number of carbonyl (C=O) groups is 1. The summed E-state index contributed by atoms with van der Waals surface area (Å²) in [6.07, 6.45) is 0.857. The second kappa shape index (κ2) is 7.15. The highest BCUT2D eigenvalue weighted by atomic mass is 16.5. The normalized spacial score (nSPS) is 11.0. The Hall–Kier alpha value is -2.89. The van der Waals surface area contributed by atoms with Crippen LogP contribution in [-0.4, -0.2) is 27.3 Å². The van der Waals surface area contributed by atoms with Crippen molar-refractivity contribution >= 4 is 22.6 Å². The van der Waals surface area contributed by atoms with Gasteiger partial charge in [-0.1, -0.05) is 25.1 Å². The van der Waals surface area contributed by atoms with Crippen molar-refractivity contribution in [1.82, 2.24) is 14.8 Å². The number of rotatable bonds is 5. The molecule has 0 saturated carbocycles. The summed E-state index contributed by atoms with van der Waals surface area (Å²) in [7, 11) is 1.85. The molecule has 0 spiro atoms. The van der Waals surface area contributed by atoms with Crippen LogP contribution in [0.15, 0.2) is 24.3 Å². The number of ether oxygens (including phenoxy) is 1. The molecular weight excluding hydrogens is 328 g/mol. The number of amides is 1. The van der Waals surface area contributed by atoms with Crippen LogP contribution in [0.1, 0.15) is 29.3 Å². The number of nitrogens with one attached hydrogen (secondary N) is 1. The van der Waals surface area contributed by atoms with Crippen LogP contribution >= 0.6 is 0 Å². The van der Waals surface area contributed by atoms with E-state index in [1.165, 1.54) is 0 Å². The van der Waals surface area contributed by atoms with Crippen molar-refractivity contribution in [2.45, 2.75) is 34.1 Å². The Kier molecular flexibility index (Phi) is 4.93. The molecule has 0 atom stereocenters. The average molecular weight is 352 g/mol. The van der Waals surface area contributed by atoms with E-state index in [0.29, 0.717) is 5.88 Å². The minimum absolute atomic E-state index is 0.0910. The first-order valence-electron chi connectivity index (χ1n) is 8.72. The maximum atomic E-state index is 12.3. The number of hydrogen-bond acceptors (Lipinski definition) is 4. The number of aryl methyl sites for hydroxylation is 5. The van der Waals surface area contributed by atoms with Crippen molar-refractivity contribution in [3.05, 3.63) is 46.6 Å². The molecule has 2 aromatic heterocycles. The van der Waals surface area contributed by atoms with Gasteiger partial charge in [-0.2, -0.15) is 10.1 Å². The van der Waals surface area contributed by atoms with Crippen molar-refractivity contribution in [2.75, 3.05) is 11.9 Å². The lowest BCUT2D eigenvalue weighted by atomic mass is 10.1. The first kappa shape index (κ1) is 17.9. The van der Waals surface area contributed by atoms with Gasteiger partial charge >= 0.3 is 0 Å². The monoisotopic (exact) mass is 352 g/mol. The Balaban J connectivity index is 1.74. The molecule has 0 aliphatic carbocycles. The van der Waals surface area contributed by atoms with Gasteiger partial charge in [0.2, 0.25) is 5.88 Å². The van der Waals surface area contributed by atoms with Crippen molar-refractivity contribution in [3.63, 3.8) is 0 Å². The molecule has 1 amide bonds. The van der Waals surface area contributed by atoms with E-state index in [1.54, 1.807) is 4.68 Å². The summed E-state index contributed by atoms with van der Waals surface area (Å²) < 4.78 is 7.37. The molecule has 3 rings (SSSR count). The van der Waals surface area contributed by atoms with Crippen molar-refractivity contribution in [2.24, 2.45) is 7.05 Å². The first-order valence-corrected chi connectivity index (χ1v) is 8.72. The van der Waals surface area contributed by atoms with Gasteiger partial charge in [-0.25, -0.2) is 0 Å². The predicted octanol–water partition coefficient (Wildman–Crippen LogP) is 3.47. The van der Waals surface area contributed by atoms with Gasteiger partial charge in [0.25, 0.3) is 5.91 Å². The lowest BCUT2D eigenvalue weighted by Crippen LogP contribution is -2.21. The quantitative estimate of drug-likeness (QED) is 0.763. The molecule has 0 unspecified atom stereocenters. The van der Waals surface area contributed by atoms with Crippen LogP contribution in [0.5, 0.6) is 5.88 Å². The van der Waals surface area contributed by atoms with E-state index in [4.69, 9.17) is 4.74 Å². The molecule has 0 bridgehead atoms. The van der Waals surface area contributed by atoms with Crippen molar-refractivity contribution < 1.29 is 9.53 Å². The molecule has 0 saturated heterocycles. The van der Waals surface area contributed by atoms with Gasteiger partial charge < -0.3 is 10.1 Å². The van der Waals surface area contributed by atoms with Gasteiger partial charge in [0, 0.05) is 24.2 Å². The van der Waals surface area contributed by atoms with Crippen LogP contribution in [0.25, 0.3) is 11.0 Å². The van der Waals surface area contributed by atoms with Crippen LogP contribution in [0.3, 0.4) is 0 Å². The highest BCUT2D eigenvalue weighted by molar-refractivity contribution is 5.93. The number of hydrogen-bond donors (Lipinski definition) is 1. The summed E-state index contributed by atoms with van der Waals surface area (Å²) in [5.41, 5.74) is 5.74. The van der Waals surface area contributed by atoms with Crippen molar-refractivity contribution in [3.8, 4) is 5.88 Å². The molecule has 0 fully saturated rings. The highest BCUT2D eigenvalue weighted by Crippen LogP contribution is 2.24. The number of pyridine rings is 1. The number of para-hydroxylation sites is 1. The van der Waals surface area contributed by atoms with E-state index < -0.39 is 0 Å². The molecule has 0 aliphatic heterocycles. The molecule has 0 aliphatic rings. The summed E-state index contributed by atoms with van der Waals surface area (Å²) in [6.45, 7) is 7.91. The molecule has 6 nitrogen and oxygen atoms in total. The Bertz CT molecular complexity index is 976. The van der Waals surface area contributed by atoms with E-state index in [-0.39, 0.29) is 12.5 Å². The lowest BCUT2D eigenvalue weighted by Gasteiger charge is -2.13. The number of fused-ring (bicyclic) bond motifs is 1. The smallest absolute Gasteiger partial charge is 0.262 e. The van der Waals surface area contributed by atoms with Crippen LogP contribution in [0.2, 0.25) is 0 Å². The van der Waals surface area contributed by atoms with E-state index in [1.807, 2.05) is 52.1 Å². The number of aromatic nitrogens is 3. The van der Waals surface area contributed by atoms with E-state index in [2.05, 4.69) is 22.3 Å². The molecule has 1 N–H and O–H groups in total. The molecule has 6 heteroatoms. The summed E-state index contributed by atoms with van der Waals surface area (Å²) >= 11 is 0. The maximum Gasteiger partial charge on any atom is 0.262 e. The summed E-state index contributed by atoms with van der Waals surface area (Å²) in [5.74, 6) is 0.225. The van der Waals surface area contributed by atoms with Crippen LogP contribution in [-0.2, 0) is 18.3 Å². The topological polar surface area (TPSA) is 69.0 Å². The fourth-order valence-corrected chi connectivity index (χ4v) is 3.22. The Morgan fingerprint density at radius 1 is 1.23 bits per heavy atom. The standard InChI is InChI=1S/C20H24N4O2/c1-6-15-9-7-8-12(2)19(15)21-16(25)11-26-17-10-13(3)18-14(4)23-24(5)20(18)22-17/h7-10H,6,11H2,1-5H3,(H,21,25). The predicted molar refractivity (Wildman–Crippen MR) is 103 cm³/mol. The minimum atomic E-state index is -0.199. The van der Waals surface area contributed by atoms with E-state index >= 15 is 0 Å². The second-order valence-electron chi connectivity index (χ2n) is 6.48. The van der Waals surface area contributed by atoms with Crippen molar-refractivity contribution in [1.29, 1.82) is 0 Å². The third-order valence-corrected chi connectivity index (χ3v) is 4.50. The molecular formula is C20H24N4O2. The fraction of sp³-hybridized carbons (Fsp3) is 0.350. The average Bonchev–Trinajstić information content (AvgIpc) is 2.89. The molecule has 136 valence electrons. The number of anilines is 1. The number of benzene rings is 1. The summed E-state index contributed by atoms with van der Waals surface area (Å²) in [6, 6.07) is 7.85. The zero-order valence-corrected chi connectivity index (χ0v) is 15.9. The molecule has 26 heavy (non-hydrogen) atoms. The number of carbonyl (C=O) groups excluding carboxylic acids is 1. The minimum Gasteiger partial charge on any atom is -0.467 e. The molecule has 2 heterocycles. The third kappa shape index (κ3) is 3.40. The number of nitrogens with zero attached hydrogens (tertiary/aromatic N) is 3. The maximum absolute atomic E-state index is 12.3. The molecule has 3 aromatic rings. The SMILES string of the molecule is CCc1cccc(C)c1NC(=O)COc1cc(C)c2c(C)nn(C)c2n1. The lowest BCUT2D eigenvalue weighted by molar-refractivity contribution is -0.118. The Morgan fingerprint density at radius 2 is 2.00 bits per heavy atom. The Morgan fingerprint density at radius 3 is 2.73 bits per heavy atom. The van der Waals surface area contributed by atoms with Gasteiger partial charge in [0.1, 0.15) is 0 Å². The molecule has 0 radical (unpaired) electrons. The largest absolute Gasteiger partial charge is 0.467 e. The second-order valence-corrected chi connectivity index (χ2v) is 6.48. The van der Waals surface area contributed by atoms with Gasteiger partial charge in [-0.15, -0.1) is 0 Å². The van der Waals surface area contributed by atoms with Crippen LogP contribution in [0, 0.1) is 20.8 Å². The molecule has 1 aromatic carbocycles. The summed E-state index contributed by atoms with van der Waals surface area (Å²) in [4.78, 5) is 16.8. The van der Waals surface area contributed by atoms with Gasteiger partial charge in [-0.05, 0) is 43.9 Å². The van der Waals surface area contributed by atoms with Crippen LogP contribution in [0.4, 0.5) is 5.69 Å². The first-order chi connectivity index (χ1) is 12.4. The highest BCUT2D eigenvalue weighted by Gasteiger charge is 2.13. The van der Waals surface area contributed by atoms with Gasteiger partial charge in [0.05, 0.1) is 5.69 Å². The van der Waals surface area contributed by atoms with Gasteiger partial charge in [-0.3, -0.25) is 9.48 Å². The zero-order chi connectivity index (χ0) is 18.8. The van der Waals surface area contributed by atoms with Crippen LogP contribution < -0.4 is 10.1 Å². The van der Waals surface area contributed by atoms with E-state index in [9.17, 15) is 4.79 Å². The third-order valence-electron chi connectivity index (χ3n) is 4.50. The zero-order valence-electron chi connectivity index (χ0n) is 15.9. The Labute approximate surface area is 153 Å².